The van der Waals surface area contributed by atoms with E-state index >= 15 is 0 Å². The van der Waals surface area contributed by atoms with Crippen LogP contribution in [0.1, 0.15) is 109 Å². The predicted molar refractivity (Wildman–Crippen MR) is 116 cm³/mol. The molecular formula is C26H40F2O. The molecule has 0 N–H and O–H groups in total. The zero-order valence-electron chi connectivity index (χ0n) is 18.5. The van der Waals surface area contributed by atoms with E-state index in [1.165, 1.54) is 51.4 Å². The summed E-state index contributed by atoms with van der Waals surface area (Å²) in [6.45, 7) is 4.68. The van der Waals surface area contributed by atoms with E-state index in [1.54, 1.807) is 12.1 Å². The van der Waals surface area contributed by atoms with Gasteiger partial charge in [-0.25, -0.2) is 4.39 Å². The molecule has 0 radical (unpaired) electrons. The van der Waals surface area contributed by atoms with E-state index in [0.717, 1.165) is 49.9 Å². The van der Waals surface area contributed by atoms with Crippen molar-refractivity contribution in [1.29, 1.82) is 0 Å². The van der Waals surface area contributed by atoms with E-state index in [4.69, 9.17) is 4.74 Å². The van der Waals surface area contributed by atoms with E-state index in [2.05, 4.69) is 6.92 Å². The third kappa shape index (κ3) is 6.18. The highest BCUT2D eigenvalue weighted by Crippen LogP contribution is 2.41. The zero-order chi connectivity index (χ0) is 20.6. The molecule has 1 aromatic carbocycles. The predicted octanol–water partition coefficient (Wildman–Crippen LogP) is 8.41. The fraction of sp³-hybridized carbons (Fsp3) is 0.769. The highest BCUT2D eigenvalue weighted by molar-refractivity contribution is 5.33. The van der Waals surface area contributed by atoms with Crippen LogP contribution in [-0.4, -0.2) is 6.61 Å². The molecule has 3 heteroatoms. The minimum atomic E-state index is -0.809. The van der Waals surface area contributed by atoms with Crippen LogP contribution in [0.25, 0.3) is 0 Å². The van der Waals surface area contributed by atoms with Crippen molar-refractivity contribution in [2.24, 2.45) is 17.8 Å². The Morgan fingerprint density at radius 3 is 1.83 bits per heavy atom. The van der Waals surface area contributed by atoms with Crippen molar-refractivity contribution in [3.05, 3.63) is 29.3 Å². The quantitative estimate of drug-likeness (QED) is 0.400. The average molecular weight is 407 g/mol. The SMILES string of the molecule is CCCOc1ccc([C@H]2CC[C@H](CCC3CCC(CCC)CC3)CC2)c(F)c1F. The minimum Gasteiger partial charge on any atom is -0.490 e. The first kappa shape index (κ1) is 22.6. The van der Waals surface area contributed by atoms with E-state index in [0.29, 0.717) is 12.2 Å². The van der Waals surface area contributed by atoms with Gasteiger partial charge in [-0.05, 0) is 67.4 Å². The van der Waals surface area contributed by atoms with Crippen molar-refractivity contribution in [2.45, 2.75) is 103 Å². The molecule has 0 aromatic heterocycles. The second-order valence-corrected chi connectivity index (χ2v) is 9.60. The summed E-state index contributed by atoms with van der Waals surface area (Å²) in [7, 11) is 0. The fourth-order valence-corrected chi connectivity index (χ4v) is 5.64. The van der Waals surface area contributed by atoms with Crippen molar-refractivity contribution < 1.29 is 13.5 Å². The number of rotatable bonds is 9. The standard InChI is InChI=1S/C26H40F2O/c1-3-5-19-6-8-20(9-7-19)10-11-21-12-14-22(15-13-21)23-16-17-24(29-18-4-2)26(28)25(23)27/h16-17,19-22H,3-15,18H2,1-2H3/t19?,20?,21-,22-. The summed E-state index contributed by atoms with van der Waals surface area (Å²) in [6.07, 6.45) is 16.3. The fourth-order valence-electron chi connectivity index (χ4n) is 5.64. The normalized spacial score (nSPS) is 27.7. The number of ether oxygens (including phenoxy) is 1. The molecule has 1 aromatic rings. The zero-order valence-corrected chi connectivity index (χ0v) is 18.5. The van der Waals surface area contributed by atoms with Crippen LogP contribution in [0.5, 0.6) is 5.75 Å². The Balaban J connectivity index is 1.43. The summed E-state index contributed by atoms with van der Waals surface area (Å²) in [5, 5.41) is 0. The van der Waals surface area contributed by atoms with Gasteiger partial charge in [0, 0.05) is 0 Å². The largest absolute Gasteiger partial charge is 0.490 e. The first-order valence-corrected chi connectivity index (χ1v) is 12.2. The van der Waals surface area contributed by atoms with Crippen molar-refractivity contribution in [1.82, 2.24) is 0 Å². The van der Waals surface area contributed by atoms with Gasteiger partial charge in [-0.3, -0.25) is 0 Å². The molecule has 0 amide bonds. The Morgan fingerprint density at radius 1 is 0.724 bits per heavy atom. The van der Waals surface area contributed by atoms with Gasteiger partial charge in [-0.15, -0.1) is 0 Å². The summed E-state index contributed by atoms with van der Waals surface area (Å²) < 4.78 is 34.2. The minimum absolute atomic E-state index is 0.0513. The lowest BCUT2D eigenvalue weighted by molar-refractivity contribution is 0.223. The van der Waals surface area contributed by atoms with Crippen LogP contribution < -0.4 is 4.74 Å². The van der Waals surface area contributed by atoms with Crippen LogP contribution in [-0.2, 0) is 0 Å². The average Bonchev–Trinajstić information content (AvgIpc) is 2.75. The monoisotopic (exact) mass is 406 g/mol. The molecule has 2 aliphatic rings. The van der Waals surface area contributed by atoms with Gasteiger partial charge in [0.2, 0.25) is 5.82 Å². The Kier molecular flexibility index (Phi) is 8.81. The van der Waals surface area contributed by atoms with Crippen LogP contribution in [0, 0.1) is 29.4 Å². The van der Waals surface area contributed by atoms with E-state index < -0.39 is 11.6 Å². The maximum absolute atomic E-state index is 14.6. The maximum atomic E-state index is 14.6. The van der Waals surface area contributed by atoms with Gasteiger partial charge >= 0.3 is 0 Å². The van der Waals surface area contributed by atoms with Crippen LogP contribution >= 0.6 is 0 Å². The molecule has 2 fully saturated rings. The van der Waals surface area contributed by atoms with Crippen molar-refractivity contribution in [3.63, 3.8) is 0 Å². The third-order valence-electron chi connectivity index (χ3n) is 7.47. The van der Waals surface area contributed by atoms with Gasteiger partial charge in [0.1, 0.15) is 0 Å². The van der Waals surface area contributed by atoms with E-state index in [9.17, 15) is 8.78 Å². The smallest absolute Gasteiger partial charge is 0.200 e. The van der Waals surface area contributed by atoms with Gasteiger partial charge in [-0.2, -0.15) is 4.39 Å². The third-order valence-corrected chi connectivity index (χ3v) is 7.47. The highest BCUT2D eigenvalue weighted by Gasteiger charge is 2.28. The van der Waals surface area contributed by atoms with Gasteiger partial charge < -0.3 is 4.74 Å². The van der Waals surface area contributed by atoms with Crippen LogP contribution in [0.15, 0.2) is 12.1 Å². The second-order valence-electron chi connectivity index (χ2n) is 9.60. The van der Waals surface area contributed by atoms with Gasteiger partial charge in [-0.1, -0.05) is 71.3 Å². The molecule has 0 aliphatic heterocycles. The molecule has 2 aliphatic carbocycles. The molecule has 2 saturated carbocycles. The van der Waals surface area contributed by atoms with E-state index in [1.807, 2.05) is 6.92 Å². The Morgan fingerprint density at radius 2 is 1.28 bits per heavy atom. The van der Waals surface area contributed by atoms with Crippen LogP contribution in [0.2, 0.25) is 0 Å². The molecule has 0 saturated heterocycles. The summed E-state index contributed by atoms with van der Waals surface area (Å²) in [5.74, 6) is 1.41. The Bertz CT molecular complexity index is 613. The molecule has 29 heavy (non-hydrogen) atoms. The molecule has 0 heterocycles. The van der Waals surface area contributed by atoms with Gasteiger partial charge in [0.15, 0.2) is 11.6 Å². The first-order chi connectivity index (χ1) is 14.1. The van der Waals surface area contributed by atoms with Crippen molar-refractivity contribution in [2.75, 3.05) is 6.61 Å². The molecule has 3 rings (SSSR count). The highest BCUT2D eigenvalue weighted by atomic mass is 19.2. The van der Waals surface area contributed by atoms with Gasteiger partial charge in [0.25, 0.3) is 0 Å². The van der Waals surface area contributed by atoms with Crippen molar-refractivity contribution >= 4 is 0 Å². The van der Waals surface area contributed by atoms with Crippen LogP contribution in [0.3, 0.4) is 0 Å². The molecule has 0 atom stereocenters. The lowest BCUT2D eigenvalue weighted by atomic mass is 9.74. The maximum Gasteiger partial charge on any atom is 0.200 e. The topological polar surface area (TPSA) is 9.23 Å². The summed E-state index contributed by atoms with van der Waals surface area (Å²) in [6, 6.07) is 3.37. The lowest BCUT2D eigenvalue weighted by Gasteiger charge is -2.32. The number of hydrogen-bond donors (Lipinski definition) is 0. The van der Waals surface area contributed by atoms with E-state index in [-0.39, 0.29) is 11.7 Å². The molecule has 1 nitrogen and oxygen atoms in total. The Labute approximate surface area is 176 Å². The Hall–Kier alpha value is -1.12. The molecule has 0 unspecified atom stereocenters. The van der Waals surface area contributed by atoms with Crippen molar-refractivity contribution in [3.8, 4) is 5.75 Å². The molecule has 0 spiro atoms. The molecule has 164 valence electrons. The molecular weight excluding hydrogens is 366 g/mol. The lowest BCUT2D eigenvalue weighted by Crippen LogP contribution is -2.18. The first-order valence-electron chi connectivity index (χ1n) is 12.2. The molecule has 0 bridgehead atoms. The summed E-state index contributed by atoms with van der Waals surface area (Å²) in [5.41, 5.74) is 0.555. The number of hydrogen-bond acceptors (Lipinski definition) is 1. The summed E-state index contributed by atoms with van der Waals surface area (Å²) >= 11 is 0. The summed E-state index contributed by atoms with van der Waals surface area (Å²) in [4.78, 5) is 0. The number of halogens is 2. The van der Waals surface area contributed by atoms with Gasteiger partial charge in [0.05, 0.1) is 6.61 Å². The second kappa shape index (κ2) is 11.3. The van der Waals surface area contributed by atoms with Crippen LogP contribution in [0.4, 0.5) is 8.78 Å². The number of benzene rings is 1.